The number of ether oxygens (including phenoxy) is 1. The number of urea groups is 2. The van der Waals surface area contributed by atoms with Crippen molar-refractivity contribution < 1.29 is 54.6 Å². The molecular formula is C41H50F3N11O9S3. The van der Waals surface area contributed by atoms with E-state index in [-0.39, 0.29) is 33.9 Å². The van der Waals surface area contributed by atoms with Crippen LogP contribution in [0.2, 0.25) is 0 Å². The van der Waals surface area contributed by atoms with Crippen molar-refractivity contribution in [1.82, 2.24) is 30.6 Å². The molecule has 26 heteroatoms. The minimum Gasteiger partial charge on any atom is -0.466 e. The molecule has 4 amide bonds. The van der Waals surface area contributed by atoms with E-state index in [0.717, 1.165) is 56.8 Å². The van der Waals surface area contributed by atoms with Gasteiger partial charge in [-0.2, -0.15) is 21.6 Å². The molecule has 6 rings (SSSR count). The number of carbonyl (C=O) groups is 3. The number of thiazole rings is 2. The van der Waals surface area contributed by atoms with E-state index in [1.807, 2.05) is 39.8 Å². The van der Waals surface area contributed by atoms with Gasteiger partial charge in [0.15, 0.2) is 10.3 Å². The summed E-state index contributed by atoms with van der Waals surface area (Å²) in [4.78, 5) is 66.1. The summed E-state index contributed by atoms with van der Waals surface area (Å²) >= 11 is 2.39. The molecular weight excluding hydrogens is 944 g/mol. The van der Waals surface area contributed by atoms with Gasteiger partial charge < -0.3 is 34.1 Å². The summed E-state index contributed by atoms with van der Waals surface area (Å²) in [6, 6.07) is 5.20. The number of anilines is 3. The van der Waals surface area contributed by atoms with Crippen LogP contribution >= 0.6 is 22.7 Å². The molecule has 0 atom stereocenters. The Morgan fingerprint density at radius 1 is 0.791 bits per heavy atom. The van der Waals surface area contributed by atoms with E-state index in [9.17, 15) is 36.0 Å². The Labute approximate surface area is 391 Å². The third-order valence-electron chi connectivity index (χ3n) is 10.2. The van der Waals surface area contributed by atoms with Crippen LogP contribution in [0, 0.1) is 5.41 Å². The summed E-state index contributed by atoms with van der Waals surface area (Å²) in [6.07, 6.45) is 5.77. The molecule has 0 unspecified atom stereocenters. The van der Waals surface area contributed by atoms with Crippen molar-refractivity contribution in [3.8, 4) is 16.9 Å². The number of nitrogens with one attached hydrogen (secondary N) is 4. The van der Waals surface area contributed by atoms with Crippen molar-refractivity contribution in [3.05, 3.63) is 47.8 Å². The topological polar surface area (TPSA) is 250 Å². The van der Waals surface area contributed by atoms with E-state index >= 15 is 0 Å². The van der Waals surface area contributed by atoms with E-state index in [1.54, 1.807) is 19.3 Å². The molecule has 362 valence electrons. The quantitative estimate of drug-likeness (QED) is 0.0256. The number of fused-ring (bicyclic) bond motifs is 2. The molecule has 2 aromatic carbocycles. The Hall–Kier alpha value is -6.41. The van der Waals surface area contributed by atoms with Gasteiger partial charge in [0.2, 0.25) is 5.95 Å². The largest absolute Gasteiger partial charge is 0.534 e. The van der Waals surface area contributed by atoms with Crippen LogP contribution in [0.15, 0.2) is 47.0 Å². The molecule has 0 aliphatic carbocycles. The molecule has 5 aromatic rings. The van der Waals surface area contributed by atoms with Crippen LogP contribution in [0.5, 0.6) is 5.75 Å². The first kappa shape index (κ1) is 51.6. The predicted molar refractivity (Wildman–Crippen MR) is 251 cm³/mol. The molecule has 0 bridgehead atoms. The summed E-state index contributed by atoms with van der Waals surface area (Å²) in [7, 11) is -3.10. The fraction of sp³-hybridized carbons (Fsp3) is 0.439. The van der Waals surface area contributed by atoms with E-state index in [1.165, 1.54) is 32.5 Å². The predicted octanol–water partition coefficient (Wildman–Crippen LogP) is 7.86. The molecule has 0 radical (unpaired) electrons. The van der Waals surface area contributed by atoms with Gasteiger partial charge in [0, 0.05) is 61.3 Å². The van der Waals surface area contributed by atoms with Crippen LogP contribution < -0.4 is 30.4 Å². The number of halogens is 3. The van der Waals surface area contributed by atoms with Gasteiger partial charge in [0.1, 0.15) is 20.0 Å². The normalized spacial score (nSPS) is 14.2. The zero-order valence-corrected chi connectivity index (χ0v) is 40.2. The number of aromatic nitrogens is 4. The molecule has 1 aliphatic heterocycles. The maximum Gasteiger partial charge on any atom is 0.534 e. The highest BCUT2D eigenvalue weighted by Crippen LogP contribution is 2.39. The monoisotopic (exact) mass is 993 g/mol. The third kappa shape index (κ3) is 12.5. The summed E-state index contributed by atoms with van der Waals surface area (Å²) in [6.45, 7) is 13.5. The zero-order chi connectivity index (χ0) is 49.1. The second kappa shape index (κ2) is 22.4. The van der Waals surface area contributed by atoms with Gasteiger partial charge in [0.05, 0.1) is 43.9 Å². The lowest BCUT2D eigenvalue weighted by molar-refractivity contribution is -0.157. The standard InChI is InChI=1S/C27H35N7O4S.C14H15F3N4O5S2/c1-6-27(23(35)38-8-3)9-11-34(12-10-27)24-29-15-19(16-30-24)18-13-20(17(4)33-37-5)22-21(14-18)31-26(39-22)32-25(36)28-7-2;1-4-18-12(22)20-13-19-10-6-8(26-28(23,24)14(15,16)17)5-9(11(10)27-13)7(2)21-25-3/h13-16H,6-12H2,1-5H3,(H2,28,31,32,36);5-6H,4H2,1-3H3,(H2,18,19,20,22)/b33-17-;21-7-. The molecule has 1 fully saturated rings. The first-order chi connectivity index (χ1) is 31.8. The Kier molecular flexibility index (Phi) is 17.2. The van der Waals surface area contributed by atoms with Gasteiger partial charge in [0.25, 0.3) is 0 Å². The highest BCUT2D eigenvalue weighted by atomic mass is 32.2. The van der Waals surface area contributed by atoms with E-state index in [4.69, 9.17) is 9.57 Å². The highest BCUT2D eigenvalue weighted by Gasteiger charge is 2.48. The zero-order valence-electron chi connectivity index (χ0n) is 37.8. The van der Waals surface area contributed by atoms with Crippen LogP contribution in [0.3, 0.4) is 0 Å². The first-order valence-corrected chi connectivity index (χ1v) is 23.8. The lowest BCUT2D eigenvalue weighted by Gasteiger charge is -2.39. The highest BCUT2D eigenvalue weighted by molar-refractivity contribution is 7.88. The van der Waals surface area contributed by atoms with Crippen molar-refractivity contribution >= 4 is 98.9 Å². The molecule has 1 aliphatic rings. The maximum absolute atomic E-state index is 12.6. The van der Waals surface area contributed by atoms with Crippen molar-refractivity contribution in [2.75, 3.05) is 62.5 Å². The lowest BCUT2D eigenvalue weighted by Crippen LogP contribution is -2.45. The second-order valence-electron chi connectivity index (χ2n) is 14.5. The summed E-state index contributed by atoms with van der Waals surface area (Å²) in [5, 5.41) is 18.9. The Bertz CT molecular complexity index is 2740. The number of hydrogen-bond donors (Lipinski definition) is 4. The van der Waals surface area contributed by atoms with Gasteiger partial charge in [-0.3, -0.25) is 15.4 Å². The Morgan fingerprint density at radius 3 is 1.76 bits per heavy atom. The maximum atomic E-state index is 12.6. The number of alkyl halides is 3. The summed E-state index contributed by atoms with van der Waals surface area (Å²) < 4.78 is 71.3. The number of rotatable bonds is 15. The van der Waals surface area contributed by atoms with Crippen LogP contribution in [0.4, 0.5) is 39.0 Å². The minimum absolute atomic E-state index is 0.103. The summed E-state index contributed by atoms with van der Waals surface area (Å²) in [5.41, 5.74) is -1.51. The second-order valence-corrected chi connectivity index (χ2v) is 18.0. The van der Waals surface area contributed by atoms with E-state index < -0.39 is 32.8 Å². The summed E-state index contributed by atoms with van der Waals surface area (Å²) in [5.74, 6) is -0.0820. The molecule has 67 heavy (non-hydrogen) atoms. The van der Waals surface area contributed by atoms with Crippen LogP contribution in [-0.4, -0.2) is 110 Å². The van der Waals surface area contributed by atoms with Gasteiger partial charge in [-0.05, 0) is 77.6 Å². The molecule has 3 aromatic heterocycles. The van der Waals surface area contributed by atoms with Gasteiger partial charge in [-0.15, -0.1) is 0 Å². The fourth-order valence-electron chi connectivity index (χ4n) is 6.80. The number of esters is 1. The number of benzene rings is 2. The van der Waals surface area contributed by atoms with Gasteiger partial charge >= 0.3 is 33.7 Å². The smallest absolute Gasteiger partial charge is 0.466 e. The van der Waals surface area contributed by atoms with Crippen molar-refractivity contribution in [2.24, 2.45) is 15.7 Å². The molecule has 4 heterocycles. The Balaban J connectivity index is 0.000000265. The van der Waals surface area contributed by atoms with Gasteiger partial charge in [-0.25, -0.2) is 29.5 Å². The SMILES string of the molecule is CCNC(=O)Nc1nc2cc(-c3cnc(N4CCC(CC)(C(=O)OCC)CC4)nc3)cc(/C(C)=N\OC)c2s1.CCNC(=O)Nc1nc2cc(OS(=O)(=O)C(F)(F)F)cc(/C(C)=N\OC)c2s1. The number of oxime groups is 2. The number of amides is 4. The Morgan fingerprint density at radius 2 is 1.30 bits per heavy atom. The lowest BCUT2D eigenvalue weighted by atomic mass is 9.76. The van der Waals surface area contributed by atoms with E-state index in [2.05, 4.69) is 65.4 Å². The average Bonchev–Trinajstić information content (AvgIpc) is 3.88. The van der Waals surface area contributed by atoms with Gasteiger partial charge in [-0.1, -0.05) is 39.9 Å². The molecule has 0 saturated carbocycles. The number of hydrogen-bond acceptors (Lipinski definition) is 18. The number of piperidine rings is 1. The van der Waals surface area contributed by atoms with Crippen LogP contribution in [0.25, 0.3) is 31.6 Å². The van der Waals surface area contributed by atoms with Crippen molar-refractivity contribution in [2.45, 2.75) is 66.3 Å². The molecule has 1 saturated heterocycles. The minimum atomic E-state index is -5.87. The van der Waals surface area contributed by atoms with Crippen LogP contribution in [-0.2, 0) is 29.3 Å². The number of carbonyl (C=O) groups excluding carboxylic acids is 3. The average molecular weight is 994 g/mol. The third-order valence-corrected chi connectivity index (χ3v) is 13.2. The molecule has 4 N–H and O–H groups in total. The number of nitrogens with zero attached hydrogens (tertiary/aromatic N) is 7. The van der Waals surface area contributed by atoms with Crippen molar-refractivity contribution in [1.29, 1.82) is 0 Å². The first-order valence-electron chi connectivity index (χ1n) is 20.7. The fourth-order valence-corrected chi connectivity index (χ4v) is 9.26. The molecule has 20 nitrogen and oxygen atoms in total. The van der Waals surface area contributed by atoms with Crippen molar-refractivity contribution in [3.63, 3.8) is 0 Å². The van der Waals surface area contributed by atoms with E-state index in [0.29, 0.717) is 67.1 Å². The molecule has 0 spiro atoms. The van der Waals surface area contributed by atoms with Crippen LogP contribution in [0.1, 0.15) is 71.9 Å².